The van der Waals surface area contributed by atoms with Crippen LogP contribution in [0.15, 0.2) is 109 Å². The Morgan fingerprint density at radius 1 is 0.579 bits per heavy atom. The Labute approximate surface area is 222 Å². The standard InChI is InChI=1S/C34H29FO3/c1-23-18-30(28-14-16-34(32(36)20-28)38-22-26-11-7-4-8-12-26)24(2)17-29(23)27-13-15-33(31(35)19-27)37-21-25-9-5-3-6-10-25/h3-20,36H,21-22H2,1-2H3. The smallest absolute Gasteiger partial charge is 0.165 e. The summed E-state index contributed by atoms with van der Waals surface area (Å²) in [7, 11) is 0. The fraction of sp³-hybridized carbons (Fsp3) is 0.118. The molecule has 5 aromatic carbocycles. The molecule has 0 aliphatic heterocycles. The predicted molar refractivity (Wildman–Crippen MR) is 150 cm³/mol. The highest BCUT2D eigenvalue weighted by atomic mass is 19.1. The number of aryl methyl sites for hydroxylation is 2. The van der Waals surface area contributed by atoms with Gasteiger partial charge in [0.1, 0.15) is 13.2 Å². The second-order valence-corrected chi connectivity index (χ2v) is 9.36. The SMILES string of the molecule is Cc1cc(-c2ccc(OCc3ccccc3)c(F)c2)c(C)cc1-c1ccc(OCc2ccccc2)c(O)c1. The quantitative estimate of drug-likeness (QED) is 0.230. The van der Waals surface area contributed by atoms with Crippen LogP contribution in [-0.4, -0.2) is 5.11 Å². The van der Waals surface area contributed by atoms with Crippen molar-refractivity contribution < 1.29 is 19.0 Å². The highest BCUT2D eigenvalue weighted by Gasteiger charge is 2.13. The van der Waals surface area contributed by atoms with E-state index in [9.17, 15) is 9.50 Å². The van der Waals surface area contributed by atoms with Crippen LogP contribution in [0.5, 0.6) is 17.2 Å². The number of rotatable bonds is 8. The highest BCUT2D eigenvalue weighted by Crippen LogP contribution is 2.37. The minimum Gasteiger partial charge on any atom is -0.504 e. The molecule has 0 saturated carbocycles. The Balaban J connectivity index is 1.33. The molecule has 0 saturated heterocycles. The molecular formula is C34H29FO3. The van der Waals surface area contributed by atoms with Crippen molar-refractivity contribution in [2.24, 2.45) is 0 Å². The molecule has 0 fully saturated rings. The summed E-state index contributed by atoms with van der Waals surface area (Å²) in [6, 6.07) is 34.2. The number of hydrogen-bond acceptors (Lipinski definition) is 3. The van der Waals surface area contributed by atoms with E-state index in [2.05, 4.69) is 12.1 Å². The molecule has 0 heterocycles. The van der Waals surface area contributed by atoms with Crippen LogP contribution in [0.2, 0.25) is 0 Å². The van der Waals surface area contributed by atoms with E-state index in [1.54, 1.807) is 18.2 Å². The maximum absolute atomic E-state index is 14.9. The van der Waals surface area contributed by atoms with Gasteiger partial charge in [0.05, 0.1) is 0 Å². The first kappa shape index (κ1) is 25.1. The van der Waals surface area contributed by atoms with Crippen LogP contribution in [0, 0.1) is 19.7 Å². The van der Waals surface area contributed by atoms with Gasteiger partial charge in [0.2, 0.25) is 0 Å². The van der Waals surface area contributed by atoms with Gasteiger partial charge in [-0.25, -0.2) is 4.39 Å². The maximum atomic E-state index is 14.9. The largest absolute Gasteiger partial charge is 0.504 e. The summed E-state index contributed by atoms with van der Waals surface area (Å²) in [4.78, 5) is 0. The van der Waals surface area contributed by atoms with E-state index in [1.165, 1.54) is 6.07 Å². The number of hydrogen-bond donors (Lipinski definition) is 1. The van der Waals surface area contributed by atoms with E-state index >= 15 is 0 Å². The zero-order chi connectivity index (χ0) is 26.5. The fourth-order valence-electron chi connectivity index (χ4n) is 4.50. The molecule has 0 spiro atoms. The van der Waals surface area contributed by atoms with Crippen molar-refractivity contribution in [3.05, 3.63) is 137 Å². The van der Waals surface area contributed by atoms with Crippen LogP contribution >= 0.6 is 0 Å². The third-order valence-electron chi connectivity index (χ3n) is 6.56. The minimum absolute atomic E-state index is 0.0905. The van der Waals surface area contributed by atoms with Crippen LogP contribution < -0.4 is 9.47 Å². The van der Waals surface area contributed by atoms with Crippen molar-refractivity contribution in [2.75, 3.05) is 0 Å². The third kappa shape index (κ3) is 5.70. The lowest BCUT2D eigenvalue weighted by atomic mass is 9.91. The molecule has 0 radical (unpaired) electrons. The normalized spacial score (nSPS) is 10.8. The number of phenolic OH excluding ortho intramolecular Hbond substituents is 1. The van der Waals surface area contributed by atoms with E-state index in [4.69, 9.17) is 9.47 Å². The van der Waals surface area contributed by atoms with E-state index in [0.717, 1.165) is 44.5 Å². The molecule has 0 bridgehead atoms. The van der Waals surface area contributed by atoms with Gasteiger partial charge in [0.25, 0.3) is 0 Å². The average Bonchev–Trinajstić information content (AvgIpc) is 2.94. The van der Waals surface area contributed by atoms with Crippen molar-refractivity contribution in [3.8, 4) is 39.5 Å². The Morgan fingerprint density at radius 3 is 1.55 bits per heavy atom. The summed E-state index contributed by atoms with van der Waals surface area (Å²) in [5.74, 6) is 0.366. The van der Waals surface area contributed by atoms with Crippen molar-refractivity contribution in [1.29, 1.82) is 0 Å². The lowest BCUT2D eigenvalue weighted by Gasteiger charge is -2.15. The number of benzene rings is 5. The topological polar surface area (TPSA) is 38.7 Å². The first-order chi connectivity index (χ1) is 18.5. The van der Waals surface area contributed by atoms with E-state index in [-0.39, 0.29) is 11.5 Å². The van der Waals surface area contributed by atoms with Crippen molar-refractivity contribution in [1.82, 2.24) is 0 Å². The molecule has 0 unspecified atom stereocenters. The molecule has 3 nitrogen and oxygen atoms in total. The second kappa shape index (κ2) is 11.2. The number of halogens is 1. The molecule has 1 N–H and O–H groups in total. The average molecular weight is 505 g/mol. The van der Waals surface area contributed by atoms with Crippen LogP contribution in [0.3, 0.4) is 0 Å². The van der Waals surface area contributed by atoms with Gasteiger partial charge in [-0.2, -0.15) is 0 Å². The Hall–Kier alpha value is -4.57. The first-order valence-electron chi connectivity index (χ1n) is 12.6. The first-order valence-corrected chi connectivity index (χ1v) is 12.6. The zero-order valence-corrected chi connectivity index (χ0v) is 21.4. The lowest BCUT2D eigenvalue weighted by Crippen LogP contribution is -1.98. The van der Waals surface area contributed by atoms with Gasteiger partial charge in [-0.05, 0) is 82.6 Å². The summed E-state index contributed by atoms with van der Waals surface area (Å²) in [6.07, 6.45) is 0. The van der Waals surface area contributed by atoms with Crippen molar-refractivity contribution in [2.45, 2.75) is 27.1 Å². The van der Waals surface area contributed by atoms with E-state index in [0.29, 0.717) is 19.0 Å². The molecule has 0 aromatic heterocycles. The van der Waals surface area contributed by atoms with Crippen LogP contribution in [0.25, 0.3) is 22.3 Å². The van der Waals surface area contributed by atoms with Crippen molar-refractivity contribution >= 4 is 0 Å². The monoisotopic (exact) mass is 504 g/mol. The summed E-state index contributed by atoms with van der Waals surface area (Å²) >= 11 is 0. The number of aromatic hydroxyl groups is 1. The fourth-order valence-corrected chi connectivity index (χ4v) is 4.50. The molecular weight excluding hydrogens is 475 g/mol. The molecule has 5 rings (SSSR count). The molecule has 0 aliphatic carbocycles. The summed E-state index contributed by atoms with van der Waals surface area (Å²) in [5, 5.41) is 10.6. The Kier molecular flexibility index (Phi) is 7.41. The number of phenols is 1. The van der Waals surface area contributed by atoms with Gasteiger partial charge in [0.15, 0.2) is 23.1 Å². The summed E-state index contributed by atoms with van der Waals surface area (Å²) < 4.78 is 26.4. The Morgan fingerprint density at radius 2 is 1.05 bits per heavy atom. The Bertz CT molecular complexity index is 1430. The number of ether oxygens (including phenoxy) is 2. The maximum Gasteiger partial charge on any atom is 0.165 e. The van der Waals surface area contributed by atoms with Gasteiger partial charge < -0.3 is 14.6 Å². The van der Waals surface area contributed by atoms with Crippen LogP contribution in [-0.2, 0) is 13.2 Å². The predicted octanol–water partition coefficient (Wildman–Crippen LogP) is 8.64. The van der Waals surface area contributed by atoms with Gasteiger partial charge in [0, 0.05) is 0 Å². The van der Waals surface area contributed by atoms with E-state index in [1.807, 2.05) is 86.6 Å². The molecule has 38 heavy (non-hydrogen) atoms. The van der Waals surface area contributed by atoms with Gasteiger partial charge >= 0.3 is 0 Å². The molecule has 190 valence electrons. The van der Waals surface area contributed by atoms with Crippen molar-refractivity contribution in [3.63, 3.8) is 0 Å². The van der Waals surface area contributed by atoms with E-state index < -0.39 is 5.82 Å². The van der Waals surface area contributed by atoms with Crippen LogP contribution in [0.4, 0.5) is 4.39 Å². The third-order valence-corrected chi connectivity index (χ3v) is 6.56. The van der Waals surface area contributed by atoms with Crippen LogP contribution in [0.1, 0.15) is 22.3 Å². The van der Waals surface area contributed by atoms with Gasteiger partial charge in [-0.15, -0.1) is 0 Å². The van der Waals surface area contributed by atoms with Gasteiger partial charge in [-0.3, -0.25) is 0 Å². The van der Waals surface area contributed by atoms with Gasteiger partial charge in [-0.1, -0.05) is 84.9 Å². The molecule has 4 heteroatoms. The molecule has 0 atom stereocenters. The molecule has 0 aliphatic rings. The summed E-state index contributed by atoms with van der Waals surface area (Å²) in [6.45, 7) is 4.72. The zero-order valence-electron chi connectivity index (χ0n) is 21.4. The molecule has 0 amide bonds. The minimum atomic E-state index is -0.393. The molecule has 5 aromatic rings. The summed E-state index contributed by atoms with van der Waals surface area (Å²) in [5.41, 5.74) is 7.67. The lowest BCUT2D eigenvalue weighted by molar-refractivity contribution is 0.289. The highest BCUT2D eigenvalue weighted by molar-refractivity contribution is 5.77. The second-order valence-electron chi connectivity index (χ2n) is 9.36.